The lowest BCUT2D eigenvalue weighted by Crippen LogP contribution is -2.49. The summed E-state index contributed by atoms with van der Waals surface area (Å²) in [5.41, 5.74) is 3.35. The lowest BCUT2D eigenvalue weighted by Gasteiger charge is -2.36. The van der Waals surface area contributed by atoms with E-state index in [1.165, 1.54) is 6.07 Å². The maximum atomic E-state index is 14.1. The molecule has 33 heavy (non-hydrogen) atoms. The molecular weight excluding hydrogens is 423 g/mol. The number of piperazine rings is 1. The first-order valence-electron chi connectivity index (χ1n) is 11.1. The third-order valence-corrected chi connectivity index (χ3v) is 6.74. The van der Waals surface area contributed by atoms with E-state index in [0.29, 0.717) is 48.6 Å². The zero-order valence-corrected chi connectivity index (χ0v) is 18.9. The number of carbonyl (C=O) groups excluding carboxylic acids is 1. The van der Waals surface area contributed by atoms with Crippen LogP contribution in [0.2, 0.25) is 0 Å². The Labute approximate surface area is 190 Å². The molecule has 5 rings (SSSR count). The van der Waals surface area contributed by atoms with E-state index in [9.17, 15) is 14.0 Å². The van der Waals surface area contributed by atoms with E-state index in [1.54, 1.807) is 29.2 Å². The van der Waals surface area contributed by atoms with Crippen LogP contribution in [0, 0.1) is 26.6 Å². The minimum absolute atomic E-state index is 0.0226. The monoisotopic (exact) mass is 448 g/mol. The van der Waals surface area contributed by atoms with Gasteiger partial charge in [0.25, 0.3) is 0 Å². The van der Waals surface area contributed by atoms with Crippen LogP contribution in [-0.2, 0) is 11.2 Å². The molecule has 0 spiro atoms. The van der Waals surface area contributed by atoms with Crippen LogP contribution < -0.4 is 10.5 Å². The van der Waals surface area contributed by atoms with E-state index in [-0.39, 0.29) is 18.1 Å². The topological polar surface area (TPSA) is 66.9 Å². The summed E-state index contributed by atoms with van der Waals surface area (Å²) in [6.07, 6.45) is -0.0226. The Balaban J connectivity index is 1.38. The SMILES string of the molecule is Cc1oc2cc3oc(=O)c(CC(=O)N4CCN(c5ccccc5F)CC4)c(C)c3cc2c1C. The molecule has 1 fully saturated rings. The van der Waals surface area contributed by atoms with Crippen molar-refractivity contribution < 1.29 is 18.0 Å². The molecule has 6 nitrogen and oxygen atoms in total. The predicted molar refractivity (Wildman–Crippen MR) is 125 cm³/mol. The van der Waals surface area contributed by atoms with E-state index in [1.807, 2.05) is 31.7 Å². The van der Waals surface area contributed by atoms with Gasteiger partial charge in [0.2, 0.25) is 5.91 Å². The highest BCUT2D eigenvalue weighted by atomic mass is 19.1. The number of rotatable bonds is 3. The molecule has 0 atom stereocenters. The summed E-state index contributed by atoms with van der Waals surface area (Å²) in [5, 5.41) is 1.77. The van der Waals surface area contributed by atoms with Gasteiger partial charge in [-0.1, -0.05) is 12.1 Å². The Kier molecular flexibility index (Phi) is 5.19. The van der Waals surface area contributed by atoms with Crippen LogP contribution in [-0.4, -0.2) is 37.0 Å². The molecular formula is C26H25FN2O4. The number of fused-ring (bicyclic) bond motifs is 2. The van der Waals surface area contributed by atoms with Crippen molar-refractivity contribution >= 4 is 33.5 Å². The number of carbonyl (C=O) groups is 1. The number of para-hydroxylation sites is 1. The van der Waals surface area contributed by atoms with Gasteiger partial charge in [0.05, 0.1) is 17.7 Å². The maximum absolute atomic E-state index is 14.1. The number of nitrogens with zero attached hydrogens (tertiary/aromatic N) is 2. The van der Waals surface area contributed by atoms with Gasteiger partial charge >= 0.3 is 5.63 Å². The van der Waals surface area contributed by atoms with Crippen LogP contribution in [0.3, 0.4) is 0 Å². The molecule has 0 bridgehead atoms. The van der Waals surface area contributed by atoms with Crippen molar-refractivity contribution in [3.63, 3.8) is 0 Å². The van der Waals surface area contributed by atoms with Crippen LogP contribution in [0.1, 0.15) is 22.5 Å². The molecule has 2 aromatic carbocycles. The zero-order valence-electron chi connectivity index (χ0n) is 18.9. The molecule has 0 unspecified atom stereocenters. The second-order valence-electron chi connectivity index (χ2n) is 8.62. The first-order valence-corrected chi connectivity index (χ1v) is 11.1. The van der Waals surface area contributed by atoms with Crippen LogP contribution >= 0.6 is 0 Å². The molecule has 170 valence electrons. The average molecular weight is 448 g/mol. The third-order valence-electron chi connectivity index (χ3n) is 6.74. The molecule has 2 aromatic heterocycles. The van der Waals surface area contributed by atoms with Crippen molar-refractivity contribution in [1.82, 2.24) is 4.90 Å². The summed E-state index contributed by atoms with van der Waals surface area (Å²) in [7, 11) is 0. The van der Waals surface area contributed by atoms with Gasteiger partial charge in [-0.3, -0.25) is 4.79 Å². The number of aryl methyl sites for hydroxylation is 3. The van der Waals surface area contributed by atoms with Crippen LogP contribution in [0.15, 0.2) is 50.0 Å². The second kappa shape index (κ2) is 8.06. The van der Waals surface area contributed by atoms with Gasteiger partial charge in [0, 0.05) is 43.0 Å². The lowest BCUT2D eigenvalue weighted by molar-refractivity contribution is -0.130. The molecule has 7 heteroatoms. The number of hydrogen-bond donors (Lipinski definition) is 0. The first-order chi connectivity index (χ1) is 15.8. The Bertz CT molecular complexity index is 1440. The molecule has 4 aromatic rings. The van der Waals surface area contributed by atoms with Gasteiger partial charge in [0.1, 0.15) is 22.7 Å². The first kappa shape index (κ1) is 21.2. The molecule has 3 heterocycles. The van der Waals surface area contributed by atoms with Gasteiger partial charge in [-0.2, -0.15) is 0 Å². The molecule has 0 N–H and O–H groups in total. The van der Waals surface area contributed by atoms with Crippen LogP contribution in [0.5, 0.6) is 0 Å². The van der Waals surface area contributed by atoms with Crippen molar-refractivity contribution in [1.29, 1.82) is 0 Å². The Morgan fingerprint density at radius 1 is 0.939 bits per heavy atom. The number of anilines is 1. The molecule has 0 saturated carbocycles. The summed E-state index contributed by atoms with van der Waals surface area (Å²) >= 11 is 0. The van der Waals surface area contributed by atoms with E-state index in [4.69, 9.17) is 8.83 Å². The second-order valence-corrected chi connectivity index (χ2v) is 8.62. The van der Waals surface area contributed by atoms with E-state index in [0.717, 1.165) is 27.7 Å². The van der Waals surface area contributed by atoms with E-state index >= 15 is 0 Å². The number of halogens is 1. The third kappa shape index (κ3) is 3.67. The number of amides is 1. The van der Waals surface area contributed by atoms with Crippen molar-refractivity contribution in [2.24, 2.45) is 0 Å². The lowest BCUT2D eigenvalue weighted by atomic mass is 10.0. The minimum atomic E-state index is -0.502. The van der Waals surface area contributed by atoms with Gasteiger partial charge < -0.3 is 18.6 Å². The highest BCUT2D eigenvalue weighted by molar-refractivity contribution is 5.97. The van der Waals surface area contributed by atoms with E-state index in [2.05, 4.69) is 0 Å². The highest BCUT2D eigenvalue weighted by Gasteiger charge is 2.25. The quantitative estimate of drug-likeness (QED) is 0.432. The normalized spacial score (nSPS) is 14.4. The minimum Gasteiger partial charge on any atom is -0.461 e. The van der Waals surface area contributed by atoms with Gasteiger partial charge in [-0.25, -0.2) is 9.18 Å². The molecule has 0 aliphatic carbocycles. The Morgan fingerprint density at radius 3 is 2.33 bits per heavy atom. The summed E-state index contributed by atoms with van der Waals surface area (Å²) in [6.45, 7) is 7.76. The summed E-state index contributed by atoms with van der Waals surface area (Å²) in [4.78, 5) is 29.4. The molecule has 1 amide bonds. The zero-order chi connectivity index (χ0) is 23.3. The fraction of sp³-hybridized carbons (Fsp3) is 0.308. The number of furan rings is 1. The Morgan fingerprint density at radius 2 is 1.61 bits per heavy atom. The van der Waals surface area contributed by atoms with Gasteiger partial charge in [-0.15, -0.1) is 0 Å². The fourth-order valence-electron chi connectivity index (χ4n) is 4.60. The molecule has 0 radical (unpaired) electrons. The van der Waals surface area contributed by atoms with Crippen LogP contribution in [0.4, 0.5) is 10.1 Å². The van der Waals surface area contributed by atoms with Gasteiger partial charge in [0.15, 0.2) is 0 Å². The van der Waals surface area contributed by atoms with Crippen molar-refractivity contribution in [3.05, 3.63) is 75.1 Å². The number of hydrogen-bond acceptors (Lipinski definition) is 5. The molecule has 1 saturated heterocycles. The van der Waals surface area contributed by atoms with Gasteiger partial charge in [-0.05, 0) is 50.1 Å². The summed E-state index contributed by atoms with van der Waals surface area (Å²) in [6, 6.07) is 10.4. The fourth-order valence-corrected chi connectivity index (χ4v) is 4.60. The average Bonchev–Trinajstić information content (AvgIpc) is 3.08. The summed E-state index contributed by atoms with van der Waals surface area (Å²) in [5.74, 6) is 0.429. The predicted octanol–water partition coefficient (Wildman–Crippen LogP) is 4.49. The highest BCUT2D eigenvalue weighted by Crippen LogP contribution is 2.31. The van der Waals surface area contributed by atoms with Crippen molar-refractivity contribution in [2.75, 3.05) is 31.1 Å². The van der Waals surface area contributed by atoms with Crippen molar-refractivity contribution in [3.8, 4) is 0 Å². The van der Waals surface area contributed by atoms with Crippen molar-refractivity contribution in [2.45, 2.75) is 27.2 Å². The van der Waals surface area contributed by atoms with E-state index < -0.39 is 5.63 Å². The standard InChI is InChI=1S/C26H25FN2O4/c1-15-17(3)32-23-14-24-19(12-18(15)23)16(2)20(26(31)33-24)13-25(30)29-10-8-28(9-11-29)22-7-5-4-6-21(22)27/h4-7,12,14H,8-11,13H2,1-3H3. The molecule has 1 aliphatic heterocycles. The van der Waals surface area contributed by atoms with Crippen LogP contribution in [0.25, 0.3) is 21.9 Å². The number of benzene rings is 2. The largest absolute Gasteiger partial charge is 0.461 e. The summed E-state index contributed by atoms with van der Waals surface area (Å²) < 4.78 is 25.4. The molecule has 1 aliphatic rings. The maximum Gasteiger partial charge on any atom is 0.340 e. The Hall–Kier alpha value is -3.61. The smallest absolute Gasteiger partial charge is 0.340 e.